The molecule has 1 amide bonds. The maximum absolute atomic E-state index is 12.7. The number of nitrogens with zero attached hydrogens (tertiary/aromatic N) is 2. The van der Waals surface area contributed by atoms with Gasteiger partial charge in [0.25, 0.3) is 5.91 Å². The Balaban J connectivity index is 1.74. The van der Waals surface area contributed by atoms with Crippen molar-refractivity contribution in [2.24, 2.45) is 4.99 Å². The van der Waals surface area contributed by atoms with Gasteiger partial charge in [-0.1, -0.05) is 72.3 Å². The van der Waals surface area contributed by atoms with Crippen molar-refractivity contribution in [1.29, 1.82) is 0 Å². The third-order valence-electron chi connectivity index (χ3n) is 4.53. The zero-order valence-electron chi connectivity index (χ0n) is 15.0. The van der Waals surface area contributed by atoms with Gasteiger partial charge in [0.05, 0.1) is 16.6 Å². The maximum Gasteiger partial charge on any atom is 0.252 e. The number of aryl methyl sites for hydroxylation is 1. The molecule has 0 saturated heterocycles. The molecule has 4 rings (SSSR count). The van der Waals surface area contributed by atoms with E-state index in [2.05, 4.69) is 34.7 Å². The van der Waals surface area contributed by atoms with Crippen LogP contribution in [0.2, 0.25) is 5.02 Å². The molecular formula is C22H19ClN2OS. The fourth-order valence-electron chi connectivity index (χ4n) is 3.33. The topological polar surface area (TPSA) is 34.4 Å². The number of carbonyl (C=O) groups is 1. The van der Waals surface area contributed by atoms with E-state index in [1.54, 1.807) is 0 Å². The molecule has 0 radical (unpaired) electrons. The molecule has 0 unspecified atom stereocenters. The third kappa shape index (κ3) is 3.68. The Kier molecular flexibility index (Phi) is 5.10. The number of hydrogen-bond donors (Lipinski definition) is 0. The third-order valence-corrected chi connectivity index (χ3v) is 5.81. The van der Waals surface area contributed by atoms with Gasteiger partial charge in [-0.2, -0.15) is 4.99 Å². The molecule has 0 fully saturated rings. The highest BCUT2D eigenvalue weighted by Gasteiger charge is 2.10. The Morgan fingerprint density at radius 3 is 2.78 bits per heavy atom. The molecule has 1 heterocycles. The summed E-state index contributed by atoms with van der Waals surface area (Å²) in [5.74, 6) is -0.131. The lowest BCUT2D eigenvalue weighted by molar-refractivity contribution is -0.117. The van der Waals surface area contributed by atoms with Crippen LogP contribution in [0.3, 0.4) is 0 Å². The number of thiazole rings is 1. The first-order chi connectivity index (χ1) is 13.2. The summed E-state index contributed by atoms with van der Waals surface area (Å²) in [6.07, 6.45) is 1.27. The van der Waals surface area contributed by atoms with Gasteiger partial charge in [0.2, 0.25) is 0 Å². The molecule has 5 heteroatoms. The predicted octanol–water partition coefficient (Wildman–Crippen LogP) is 5.59. The number of amides is 1. The monoisotopic (exact) mass is 394 g/mol. The van der Waals surface area contributed by atoms with Crippen LogP contribution in [0.4, 0.5) is 0 Å². The van der Waals surface area contributed by atoms with Crippen molar-refractivity contribution in [3.8, 4) is 0 Å². The second-order valence-electron chi connectivity index (χ2n) is 6.47. The van der Waals surface area contributed by atoms with Crippen LogP contribution in [0, 0.1) is 0 Å². The number of fused-ring (bicyclic) bond motifs is 2. The van der Waals surface area contributed by atoms with Gasteiger partial charge in [0, 0.05) is 11.6 Å². The van der Waals surface area contributed by atoms with Gasteiger partial charge >= 0.3 is 0 Å². The van der Waals surface area contributed by atoms with Crippen molar-refractivity contribution in [3.05, 3.63) is 76.1 Å². The minimum Gasteiger partial charge on any atom is -0.316 e. The van der Waals surface area contributed by atoms with Crippen LogP contribution in [-0.4, -0.2) is 10.5 Å². The zero-order valence-corrected chi connectivity index (χ0v) is 16.6. The molecule has 1 aromatic heterocycles. The first kappa shape index (κ1) is 18.0. The molecule has 3 nitrogen and oxygen atoms in total. The van der Waals surface area contributed by atoms with Crippen LogP contribution in [0.25, 0.3) is 21.0 Å². The molecule has 0 atom stereocenters. The average Bonchev–Trinajstić information content (AvgIpc) is 2.98. The molecule has 4 aromatic rings. The Morgan fingerprint density at radius 2 is 1.93 bits per heavy atom. The van der Waals surface area contributed by atoms with Crippen molar-refractivity contribution in [2.45, 2.75) is 26.3 Å². The van der Waals surface area contributed by atoms with Crippen LogP contribution in [0.1, 0.15) is 18.9 Å². The zero-order chi connectivity index (χ0) is 18.8. The van der Waals surface area contributed by atoms with E-state index < -0.39 is 0 Å². The molecule has 0 N–H and O–H groups in total. The Hall–Kier alpha value is -2.43. The Morgan fingerprint density at radius 1 is 1.11 bits per heavy atom. The van der Waals surface area contributed by atoms with Gasteiger partial charge in [0.1, 0.15) is 0 Å². The largest absolute Gasteiger partial charge is 0.316 e. The summed E-state index contributed by atoms with van der Waals surface area (Å²) in [6.45, 7) is 2.94. The van der Waals surface area contributed by atoms with Gasteiger partial charge in [-0.25, -0.2) is 0 Å². The molecule has 0 bridgehead atoms. The molecular weight excluding hydrogens is 376 g/mol. The van der Waals surface area contributed by atoms with E-state index in [0.717, 1.165) is 44.3 Å². The molecule has 0 aliphatic heterocycles. The summed E-state index contributed by atoms with van der Waals surface area (Å²) in [7, 11) is 0. The van der Waals surface area contributed by atoms with Crippen molar-refractivity contribution in [1.82, 2.24) is 4.57 Å². The SMILES string of the molecule is CCCn1c(=NC(=O)Cc2cccc3ccccc23)sc2cc(Cl)ccc21. The molecule has 0 spiro atoms. The fourth-order valence-corrected chi connectivity index (χ4v) is 4.68. The molecule has 0 saturated carbocycles. The number of benzene rings is 3. The van der Waals surface area contributed by atoms with Crippen molar-refractivity contribution in [2.75, 3.05) is 0 Å². The van der Waals surface area contributed by atoms with E-state index in [9.17, 15) is 4.79 Å². The van der Waals surface area contributed by atoms with Gasteiger partial charge in [-0.3, -0.25) is 4.79 Å². The molecule has 136 valence electrons. The summed E-state index contributed by atoms with van der Waals surface area (Å²) in [5.41, 5.74) is 2.08. The quantitative estimate of drug-likeness (QED) is 0.444. The van der Waals surface area contributed by atoms with Crippen LogP contribution in [0.5, 0.6) is 0 Å². The molecule has 3 aromatic carbocycles. The van der Waals surface area contributed by atoms with Crippen LogP contribution in [-0.2, 0) is 17.8 Å². The van der Waals surface area contributed by atoms with Crippen LogP contribution < -0.4 is 4.80 Å². The summed E-state index contributed by atoms with van der Waals surface area (Å²) in [4.78, 5) is 17.9. The van der Waals surface area contributed by atoms with Crippen molar-refractivity contribution < 1.29 is 4.79 Å². The highest BCUT2D eigenvalue weighted by atomic mass is 35.5. The van der Waals surface area contributed by atoms with E-state index in [-0.39, 0.29) is 5.91 Å². The lowest BCUT2D eigenvalue weighted by atomic mass is 10.0. The first-order valence-electron chi connectivity index (χ1n) is 8.99. The minimum absolute atomic E-state index is 0.131. The van der Waals surface area contributed by atoms with E-state index in [0.29, 0.717) is 11.4 Å². The van der Waals surface area contributed by atoms with Crippen molar-refractivity contribution >= 4 is 49.8 Å². The van der Waals surface area contributed by atoms with E-state index in [4.69, 9.17) is 11.6 Å². The van der Waals surface area contributed by atoms with Gasteiger partial charge in [0.15, 0.2) is 4.80 Å². The second-order valence-corrected chi connectivity index (χ2v) is 7.91. The lowest BCUT2D eigenvalue weighted by Crippen LogP contribution is -2.17. The summed E-state index contributed by atoms with van der Waals surface area (Å²) in [6, 6.07) is 20.0. The summed E-state index contributed by atoms with van der Waals surface area (Å²) < 4.78 is 3.16. The number of aromatic nitrogens is 1. The Labute approximate surface area is 166 Å². The van der Waals surface area contributed by atoms with E-state index >= 15 is 0 Å². The van der Waals surface area contributed by atoms with Gasteiger partial charge in [-0.05, 0) is 41.0 Å². The summed E-state index contributed by atoms with van der Waals surface area (Å²) >= 11 is 7.64. The number of halogens is 1. The second kappa shape index (κ2) is 7.67. The highest BCUT2D eigenvalue weighted by Crippen LogP contribution is 2.22. The highest BCUT2D eigenvalue weighted by molar-refractivity contribution is 7.16. The predicted molar refractivity (Wildman–Crippen MR) is 113 cm³/mol. The number of carbonyl (C=O) groups excluding carboxylic acids is 1. The first-order valence-corrected chi connectivity index (χ1v) is 10.2. The van der Waals surface area contributed by atoms with E-state index in [1.807, 2.05) is 42.5 Å². The fraction of sp³-hybridized carbons (Fsp3) is 0.182. The average molecular weight is 395 g/mol. The van der Waals surface area contributed by atoms with Gasteiger partial charge < -0.3 is 4.57 Å². The van der Waals surface area contributed by atoms with Crippen molar-refractivity contribution in [3.63, 3.8) is 0 Å². The molecule has 0 aliphatic rings. The molecule has 27 heavy (non-hydrogen) atoms. The van der Waals surface area contributed by atoms with Crippen LogP contribution >= 0.6 is 22.9 Å². The smallest absolute Gasteiger partial charge is 0.252 e. The number of rotatable bonds is 4. The van der Waals surface area contributed by atoms with Crippen LogP contribution in [0.15, 0.2) is 65.7 Å². The normalized spacial score (nSPS) is 12.1. The Bertz CT molecular complexity index is 1200. The molecule has 0 aliphatic carbocycles. The minimum atomic E-state index is -0.131. The van der Waals surface area contributed by atoms with E-state index in [1.165, 1.54) is 11.3 Å². The standard InChI is InChI=1S/C22H19ClN2OS/c1-2-12-25-19-11-10-17(23)14-20(19)27-22(25)24-21(26)13-16-8-5-7-15-6-3-4-9-18(15)16/h3-11,14H,2,12-13H2,1H3. The lowest BCUT2D eigenvalue weighted by Gasteiger charge is -2.04. The van der Waals surface area contributed by atoms with Gasteiger partial charge in [-0.15, -0.1) is 0 Å². The number of hydrogen-bond acceptors (Lipinski definition) is 2. The maximum atomic E-state index is 12.7. The summed E-state index contributed by atoms with van der Waals surface area (Å²) in [5, 5.41) is 2.94.